The Labute approximate surface area is 145 Å². The summed E-state index contributed by atoms with van der Waals surface area (Å²) in [5, 5.41) is 1.78. The van der Waals surface area contributed by atoms with Gasteiger partial charge in [0.05, 0.1) is 17.0 Å². The Morgan fingerprint density at radius 3 is 2.65 bits per heavy atom. The van der Waals surface area contributed by atoms with Gasteiger partial charge in [-0.05, 0) is 29.6 Å². The molecule has 0 unspecified atom stereocenters. The molecular weight excluding hydrogens is 384 g/mol. The Hall–Kier alpha value is -1.90. The summed E-state index contributed by atoms with van der Waals surface area (Å²) in [5.41, 5.74) is 5.06. The molecule has 2 amide bonds. The Balaban J connectivity index is 2.02. The first-order chi connectivity index (χ1) is 11.1. The molecule has 0 radical (unpaired) electrons. The van der Waals surface area contributed by atoms with Gasteiger partial charge >= 0.3 is 0 Å². The molecule has 8 heteroatoms. The van der Waals surface area contributed by atoms with Crippen LogP contribution in [0.2, 0.25) is 0 Å². The van der Waals surface area contributed by atoms with Crippen molar-refractivity contribution in [2.75, 3.05) is 20.3 Å². The largest absolute Gasteiger partial charge is 0.490 e. The van der Waals surface area contributed by atoms with Crippen LogP contribution in [0.4, 0.5) is 0 Å². The molecule has 0 bridgehead atoms. The van der Waals surface area contributed by atoms with Gasteiger partial charge in [-0.3, -0.25) is 20.4 Å². The van der Waals surface area contributed by atoms with Crippen molar-refractivity contribution >= 4 is 39.1 Å². The molecule has 1 aromatic carbocycles. The molecule has 0 saturated heterocycles. The molecular formula is C15H15BrN2O4S. The van der Waals surface area contributed by atoms with Gasteiger partial charge in [-0.25, -0.2) is 0 Å². The maximum Gasteiger partial charge on any atom is 0.279 e. The van der Waals surface area contributed by atoms with Gasteiger partial charge in [0, 0.05) is 11.6 Å². The minimum atomic E-state index is -0.469. The topological polar surface area (TPSA) is 76.7 Å². The van der Waals surface area contributed by atoms with Crippen LogP contribution in [0.5, 0.6) is 5.75 Å². The number of carbonyl (C=O) groups excluding carboxylic acids is 2. The van der Waals surface area contributed by atoms with E-state index in [4.69, 9.17) is 9.47 Å². The molecule has 0 saturated carbocycles. The van der Waals surface area contributed by atoms with E-state index in [0.29, 0.717) is 29.4 Å². The molecule has 6 nitrogen and oxygen atoms in total. The molecule has 2 aromatic rings. The Morgan fingerprint density at radius 1 is 1.17 bits per heavy atom. The lowest BCUT2D eigenvalue weighted by atomic mass is 10.2. The highest BCUT2D eigenvalue weighted by Crippen LogP contribution is 2.23. The van der Waals surface area contributed by atoms with Crippen molar-refractivity contribution in [3.8, 4) is 5.75 Å². The molecule has 2 rings (SSSR count). The van der Waals surface area contributed by atoms with E-state index in [1.165, 1.54) is 11.3 Å². The lowest BCUT2D eigenvalue weighted by Crippen LogP contribution is -2.41. The van der Waals surface area contributed by atoms with Crippen molar-refractivity contribution < 1.29 is 19.1 Å². The number of hydrogen-bond acceptors (Lipinski definition) is 5. The van der Waals surface area contributed by atoms with Gasteiger partial charge in [0.15, 0.2) is 0 Å². The zero-order valence-electron chi connectivity index (χ0n) is 12.3. The third kappa shape index (κ3) is 5.05. The van der Waals surface area contributed by atoms with E-state index in [2.05, 4.69) is 26.8 Å². The summed E-state index contributed by atoms with van der Waals surface area (Å²) < 4.78 is 11.2. The smallest absolute Gasteiger partial charge is 0.279 e. The highest BCUT2D eigenvalue weighted by Gasteiger charge is 2.15. The normalized spacial score (nSPS) is 10.2. The second-order valence-corrected chi connectivity index (χ2v) is 6.23. The summed E-state index contributed by atoms with van der Waals surface area (Å²) in [5.74, 6) is -0.429. The minimum absolute atomic E-state index is 0.307. The second kappa shape index (κ2) is 8.66. The number of benzene rings is 1. The quantitative estimate of drug-likeness (QED) is 0.579. The van der Waals surface area contributed by atoms with Crippen LogP contribution in [0.15, 0.2) is 40.2 Å². The third-order valence-electron chi connectivity index (χ3n) is 2.77. The Bertz CT molecular complexity index is 676. The Morgan fingerprint density at radius 2 is 1.96 bits per heavy atom. The van der Waals surface area contributed by atoms with E-state index < -0.39 is 5.91 Å². The van der Waals surface area contributed by atoms with E-state index in [1.807, 2.05) is 0 Å². The van der Waals surface area contributed by atoms with Crippen molar-refractivity contribution in [3.63, 3.8) is 0 Å². The molecule has 0 aliphatic rings. The van der Waals surface area contributed by atoms with Gasteiger partial charge in [-0.2, -0.15) is 0 Å². The monoisotopic (exact) mass is 398 g/mol. The molecule has 1 heterocycles. The van der Waals surface area contributed by atoms with E-state index in [-0.39, 0.29) is 5.91 Å². The molecule has 2 N–H and O–H groups in total. The van der Waals surface area contributed by atoms with Gasteiger partial charge in [0.2, 0.25) is 0 Å². The van der Waals surface area contributed by atoms with Gasteiger partial charge in [-0.1, -0.05) is 22.0 Å². The fourth-order valence-electron chi connectivity index (χ4n) is 1.69. The zero-order chi connectivity index (χ0) is 16.7. The summed E-state index contributed by atoms with van der Waals surface area (Å²) >= 11 is 4.60. The lowest BCUT2D eigenvalue weighted by molar-refractivity contribution is 0.0845. The highest BCUT2D eigenvalue weighted by atomic mass is 79.9. The van der Waals surface area contributed by atoms with Crippen molar-refractivity contribution in [2.45, 2.75) is 0 Å². The first-order valence-corrected chi connectivity index (χ1v) is 8.34. The molecule has 23 heavy (non-hydrogen) atoms. The van der Waals surface area contributed by atoms with E-state index in [1.54, 1.807) is 42.8 Å². The van der Waals surface area contributed by atoms with Crippen molar-refractivity contribution in [1.29, 1.82) is 0 Å². The number of amides is 2. The summed E-state index contributed by atoms with van der Waals surface area (Å²) in [7, 11) is 1.57. The molecule has 122 valence electrons. The number of hydrogen-bond donors (Lipinski definition) is 2. The Kier molecular flexibility index (Phi) is 6.57. The summed E-state index contributed by atoms with van der Waals surface area (Å²) in [6.07, 6.45) is 0. The van der Waals surface area contributed by atoms with Crippen LogP contribution in [-0.2, 0) is 4.74 Å². The summed E-state index contributed by atoms with van der Waals surface area (Å²) in [6, 6.07) is 8.50. The van der Waals surface area contributed by atoms with Gasteiger partial charge in [0.25, 0.3) is 11.8 Å². The number of methoxy groups -OCH3 is 1. The van der Waals surface area contributed by atoms with Gasteiger partial charge < -0.3 is 9.47 Å². The van der Waals surface area contributed by atoms with Crippen molar-refractivity contribution in [3.05, 3.63) is 50.6 Å². The number of carbonyl (C=O) groups is 2. The fraction of sp³-hybridized carbons (Fsp3) is 0.200. The van der Waals surface area contributed by atoms with Crippen LogP contribution in [0, 0.1) is 0 Å². The molecule has 0 atom stereocenters. The zero-order valence-corrected chi connectivity index (χ0v) is 14.7. The SMILES string of the molecule is COCCOc1ccc(Br)cc1C(=O)NNC(=O)c1cccs1. The first-order valence-electron chi connectivity index (χ1n) is 6.67. The van der Waals surface area contributed by atoms with Crippen LogP contribution < -0.4 is 15.6 Å². The molecule has 0 fully saturated rings. The number of hydrazine groups is 1. The number of rotatable bonds is 6. The maximum absolute atomic E-state index is 12.3. The fourth-order valence-corrected chi connectivity index (χ4v) is 2.67. The van der Waals surface area contributed by atoms with E-state index in [0.717, 1.165) is 4.47 Å². The predicted octanol–water partition coefficient (Wildman–Crippen LogP) is 2.61. The average molecular weight is 399 g/mol. The highest BCUT2D eigenvalue weighted by molar-refractivity contribution is 9.10. The lowest BCUT2D eigenvalue weighted by Gasteiger charge is -2.12. The van der Waals surface area contributed by atoms with Gasteiger partial charge in [0.1, 0.15) is 12.4 Å². The molecule has 1 aromatic heterocycles. The van der Waals surface area contributed by atoms with E-state index >= 15 is 0 Å². The average Bonchev–Trinajstić information content (AvgIpc) is 3.08. The van der Waals surface area contributed by atoms with Gasteiger partial charge in [-0.15, -0.1) is 11.3 Å². The number of halogens is 1. The van der Waals surface area contributed by atoms with Crippen LogP contribution in [0.1, 0.15) is 20.0 Å². The summed E-state index contributed by atoms with van der Waals surface area (Å²) in [4.78, 5) is 24.6. The summed E-state index contributed by atoms with van der Waals surface area (Å²) in [6.45, 7) is 0.728. The molecule has 0 aliphatic carbocycles. The van der Waals surface area contributed by atoms with Crippen LogP contribution in [0.25, 0.3) is 0 Å². The number of nitrogens with one attached hydrogen (secondary N) is 2. The van der Waals surface area contributed by atoms with Crippen LogP contribution in [-0.4, -0.2) is 32.1 Å². The standard InChI is InChI=1S/C15H15BrN2O4S/c1-21-6-7-22-12-5-4-10(16)9-11(12)14(19)17-18-15(20)13-3-2-8-23-13/h2-5,8-9H,6-7H2,1H3,(H,17,19)(H,18,20). The maximum atomic E-state index is 12.3. The van der Waals surface area contributed by atoms with Crippen molar-refractivity contribution in [1.82, 2.24) is 10.9 Å². The molecule has 0 aliphatic heterocycles. The predicted molar refractivity (Wildman–Crippen MR) is 90.8 cm³/mol. The minimum Gasteiger partial charge on any atom is -0.490 e. The second-order valence-electron chi connectivity index (χ2n) is 4.37. The third-order valence-corrected chi connectivity index (χ3v) is 4.13. The van der Waals surface area contributed by atoms with E-state index in [9.17, 15) is 9.59 Å². The van der Waals surface area contributed by atoms with Crippen LogP contribution >= 0.6 is 27.3 Å². The number of thiophene rings is 1. The molecule has 0 spiro atoms. The number of ether oxygens (including phenoxy) is 2. The van der Waals surface area contributed by atoms with Crippen molar-refractivity contribution in [2.24, 2.45) is 0 Å². The van der Waals surface area contributed by atoms with Crippen LogP contribution in [0.3, 0.4) is 0 Å². The first kappa shape index (κ1) is 17.5.